The molecule has 3 atom stereocenters. The van der Waals surface area contributed by atoms with Gasteiger partial charge in [0.15, 0.2) is 0 Å². The number of carbonyl (C=O) groups excluding carboxylic acids is 1. The van der Waals surface area contributed by atoms with E-state index in [1.807, 2.05) is 0 Å². The van der Waals surface area contributed by atoms with E-state index in [4.69, 9.17) is 4.74 Å². The van der Waals surface area contributed by atoms with Gasteiger partial charge in [0.05, 0.1) is 0 Å². The molecule has 0 aromatic rings. The summed E-state index contributed by atoms with van der Waals surface area (Å²) < 4.78 is 5.47. The highest BCUT2D eigenvalue weighted by Crippen LogP contribution is 2.47. The van der Waals surface area contributed by atoms with Crippen LogP contribution in [0.1, 0.15) is 73.1 Å². The molecule has 0 aromatic heterocycles. The van der Waals surface area contributed by atoms with Crippen LogP contribution in [0.4, 0.5) is 0 Å². The van der Waals surface area contributed by atoms with Crippen molar-refractivity contribution in [2.45, 2.75) is 78.7 Å². The molecule has 0 bridgehead atoms. The molecule has 2 heteroatoms. The first-order valence-electron chi connectivity index (χ1n) is 7.49. The van der Waals surface area contributed by atoms with Crippen molar-refractivity contribution in [3.8, 4) is 0 Å². The van der Waals surface area contributed by atoms with Gasteiger partial charge in [-0.25, -0.2) is 0 Å². The number of hydrogen-bond acceptors (Lipinski definition) is 2. The van der Waals surface area contributed by atoms with Crippen LogP contribution in [-0.2, 0) is 9.53 Å². The van der Waals surface area contributed by atoms with Crippen LogP contribution in [0.15, 0.2) is 0 Å². The lowest BCUT2D eigenvalue weighted by Gasteiger charge is -2.41. The van der Waals surface area contributed by atoms with Crippen LogP contribution < -0.4 is 0 Å². The summed E-state index contributed by atoms with van der Waals surface area (Å²) in [4.78, 5) is 10.8. The molecule has 0 spiro atoms. The van der Waals surface area contributed by atoms with E-state index in [0.717, 1.165) is 6.42 Å². The molecule has 2 nitrogen and oxygen atoms in total. The van der Waals surface area contributed by atoms with Gasteiger partial charge in [-0.15, -0.1) is 0 Å². The predicted molar refractivity (Wildman–Crippen MR) is 75.4 cm³/mol. The fourth-order valence-corrected chi connectivity index (χ4v) is 3.31. The SMILES string of the molecule is CCC(C)(OC=O)C1CCCCC(C)(C(C)C)C1. The maximum Gasteiger partial charge on any atom is 0.293 e. The Morgan fingerprint density at radius 3 is 2.61 bits per heavy atom. The van der Waals surface area contributed by atoms with E-state index >= 15 is 0 Å². The van der Waals surface area contributed by atoms with Crippen molar-refractivity contribution in [1.82, 2.24) is 0 Å². The summed E-state index contributed by atoms with van der Waals surface area (Å²) in [6, 6.07) is 0. The first-order valence-corrected chi connectivity index (χ1v) is 7.49. The standard InChI is InChI=1S/C16H30O2/c1-6-16(5,18-12-17)14-9-7-8-10-15(4,11-14)13(2)3/h12-14H,6-11H2,1-5H3. The Morgan fingerprint density at radius 2 is 2.11 bits per heavy atom. The summed E-state index contributed by atoms with van der Waals surface area (Å²) in [6.07, 6.45) is 7.17. The van der Waals surface area contributed by atoms with Gasteiger partial charge in [0.2, 0.25) is 0 Å². The average molecular weight is 254 g/mol. The molecule has 0 amide bonds. The highest BCUT2D eigenvalue weighted by molar-refractivity contribution is 5.38. The first kappa shape index (κ1) is 15.5. The summed E-state index contributed by atoms with van der Waals surface area (Å²) in [5, 5.41) is 0. The predicted octanol–water partition coefficient (Wildman–Crippen LogP) is 4.57. The van der Waals surface area contributed by atoms with Gasteiger partial charge in [0.25, 0.3) is 6.47 Å². The number of carbonyl (C=O) groups is 1. The van der Waals surface area contributed by atoms with Gasteiger partial charge in [-0.1, -0.05) is 40.5 Å². The van der Waals surface area contributed by atoms with Gasteiger partial charge in [-0.2, -0.15) is 0 Å². The second-order valence-electron chi connectivity index (χ2n) is 6.84. The Labute approximate surface area is 112 Å². The van der Waals surface area contributed by atoms with E-state index < -0.39 is 0 Å². The van der Waals surface area contributed by atoms with E-state index in [-0.39, 0.29) is 5.60 Å². The molecule has 0 aliphatic heterocycles. The quantitative estimate of drug-likeness (QED) is 0.530. The molecule has 3 unspecified atom stereocenters. The highest BCUT2D eigenvalue weighted by Gasteiger charge is 2.41. The lowest BCUT2D eigenvalue weighted by molar-refractivity contribution is -0.150. The monoisotopic (exact) mass is 254 g/mol. The average Bonchev–Trinajstić information content (AvgIpc) is 2.53. The molecule has 18 heavy (non-hydrogen) atoms. The molecular weight excluding hydrogens is 224 g/mol. The molecule has 0 heterocycles. The van der Waals surface area contributed by atoms with Gasteiger partial charge in [0, 0.05) is 0 Å². The second kappa shape index (κ2) is 6.08. The van der Waals surface area contributed by atoms with Gasteiger partial charge in [0.1, 0.15) is 5.60 Å². The molecule has 106 valence electrons. The molecular formula is C16H30O2. The molecule has 0 radical (unpaired) electrons. The summed E-state index contributed by atoms with van der Waals surface area (Å²) >= 11 is 0. The topological polar surface area (TPSA) is 26.3 Å². The van der Waals surface area contributed by atoms with Crippen LogP contribution in [0.2, 0.25) is 0 Å². The summed E-state index contributed by atoms with van der Waals surface area (Å²) in [5.41, 5.74) is 0.117. The fraction of sp³-hybridized carbons (Fsp3) is 0.938. The zero-order valence-corrected chi connectivity index (χ0v) is 12.8. The Bertz CT molecular complexity index is 274. The van der Waals surface area contributed by atoms with Crippen molar-refractivity contribution in [1.29, 1.82) is 0 Å². The van der Waals surface area contributed by atoms with E-state index in [2.05, 4.69) is 34.6 Å². The molecule has 0 saturated heterocycles. The lowest BCUT2D eigenvalue weighted by Crippen LogP contribution is -2.40. The number of rotatable bonds is 5. The summed E-state index contributed by atoms with van der Waals surface area (Å²) in [5.74, 6) is 1.19. The molecule has 0 N–H and O–H groups in total. The molecule has 1 aliphatic carbocycles. The zero-order chi connectivity index (χ0) is 13.8. The van der Waals surface area contributed by atoms with Gasteiger partial charge < -0.3 is 4.74 Å². The van der Waals surface area contributed by atoms with Crippen molar-refractivity contribution in [3.63, 3.8) is 0 Å². The summed E-state index contributed by atoms with van der Waals surface area (Å²) in [7, 11) is 0. The maximum absolute atomic E-state index is 10.8. The Hall–Kier alpha value is -0.530. The van der Waals surface area contributed by atoms with Crippen molar-refractivity contribution in [3.05, 3.63) is 0 Å². The third kappa shape index (κ3) is 3.27. The highest BCUT2D eigenvalue weighted by atomic mass is 16.5. The Kier molecular flexibility index (Phi) is 5.24. The van der Waals surface area contributed by atoms with Crippen molar-refractivity contribution in [2.75, 3.05) is 0 Å². The molecule has 1 rings (SSSR count). The van der Waals surface area contributed by atoms with Crippen LogP contribution in [0, 0.1) is 17.3 Å². The third-order valence-electron chi connectivity index (χ3n) is 5.54. The molecule has 1 fully saturated rings. The fourth-order valence-electron chi connectivity index (χ4n) is 3.31. The second-order valence-corrected chi connectivity index (χ2v) is 6.84. The van der Waals surface area contributed by atoms with Crippen molar-refractivity contribution in [2.24, 2.45) is 17.3 Å². The molecule has 1 saturated carbocycles. The van der Waals surface area contributed by atoms with Crippen LogP contribution in [0.3, 0.4) is 0 Å². The van der Waals surface area contributed by atoms with Crippen molar-refractivity contribution >= 4 is 6.47 Å². The maximum atomic E-state index is 10.8. The Balaban J connectivity index is 2.89. The largest absolute Gasteiger partial charge is 0.461 e. The van der Waals surface area contributed by atoms with Crippen LogP contribution in [0.25, 0.3) is 0 Å². The normalized spacial score (nSPS) is 32.7. The molecule has 1 aliphatic rings. The molecule has 0 aromatic carbocycles. The van der Waals surface area contributed by atoms with E-state index in [0.29, 0.717) is 23.7 Å². The number of ether oxygens (including phenoxy) is 1. The minimum Gasteiger partial charge on any atom is -0.461 e. The van der Waals surface area contributed by atoms with Crippen molar-refractivity contribution < 1.29 is 9.53 Å². The van der Waals surface area contributed by atoms with Crippen LogP contribution in [0.5, 0.6) is 0 Å². The van der Waals surface area contributed by atoms with E-state index in [1.165, 1.54) is 32.1 Å². The smallest absolute Gasteiger partial charge is 0.293 e. The van der Waals surface area contributed by atoms with Gasteiger partial charge in [-0.05, 0) is 49.9 Å². The summed E-state index contributed by atoms with van der Waals surface area (Å²) in [6.45, 7) is 11.9. The third-order valence-corrected chi connectivity index (χ3v) is 5.54. The van der Waals surface area contributed by atoms with Gasteiger partial charge in [-0.3, -0.25) is 4.79 Å². The number of hydrogen-bond donors (Lipinski definition) is 0. The van der Waals surface area contributed by atoms with Crippen LogP contribution in [-0.4, -0.2) is 12.1 Å². The lowest BCUT2D eigenvalue weighted by atomic mass is 9.68. The first-order chi connectivity index (χ1) is 8.38. The van der Waals surface area contributed by atoms with E-state index in [1.54, 1.807) is 0 Å². The minimum atomic E-state index is -0.276. The van der Waals surface area contributed by atoms with E-state index in [9.17, 15) is 4.79 Å². The van der Waals surface area contributed by atoms with Gasteiger partial charge >= 0.3 is 0 Å². The minimum absolute atomic E-state index is 0.276. The Morgan fingerprint density at radius 1 is 1.44 bits per heavy atom. The zero-order valence-electron chi connectivity index (χ0n) is 12.8. The van der Waals surface area contributed by atoms with Crippen LogP contribution >= 0.6 is 0 Å².